The highest BCUT2D eigenvalue weighted by molar-refractivity contribution is 7.07. The fourth-order valence-electron chi connectivity index (χ4n) is 2.23. The molecule has 0 aliphatic heterocycles. The smallest absolute Gasteiger partial charge is 0.146 e. The molecule has 4 heteroatoms. The summed E-state index contributed by atoms with van der Waals surface area (Å²) in [5.41, 5.74) is 2.89. The number of nitrogens with one attached hydrogen (secondary N) is 1. The zero-order chi connectivity index (χ0) is 15.5. The number of hydrogen-bond acceptors (Lipinski definition) is 3. The highest BCUT2D eigenvalue weighted by atomic mass is 32.1. The van der Waals surface area contributed by atoms with E-state index in [1.807, 2.05) is 23.4 Å². The summed E-state index contributed by atoms with van der Waals surface area (Å²) >= 11 is 1.67. The highest BCUT2D eigenvalue weighted by Gasteiger charge is 2.16. The van der Waals surface area contributed by atoms with E-state index in [0.29, 0.717) is 18.8 Å². The van der Waals surface area contributed by atoms with Gasteiger partial charge < -0.3 is 10.2 Å². The van der Waals surface area contributed by atoms with Crippen molar-refractivity contribution in [3.63, 3.8) is 0 Å². The molecule has 0 saturated heterocycles. The molecule has 0 radical (unpaired) electrons. The standard InChI is InChI=1S/C17H23FN2S/c1-17(2,3)19-10-14-6-5-7-15(18)16(14)20(4)11-13-8-9-21-12-13/h5-9,12,19H,10-11H2,1-4H3. The summed E-state index contributed by atoms with van der Waals surface area (Å²) in [4.78, 5) is 1.98. The van der Waals surface area contributed by atoms with Crippen LogP contribution in [0.5, 0.6) is 0 Å². The second kappa shape index (κ2) is 6.58. The van der Waals surface area contributed by atoms with Gasteiger partial charge in [-0.15, -0.1) is 0 Å². The number of nitrogens with zero attached hydrogens (tertiary/aromatic N) is 1. The van der Waals surface area contributed by atoms with Gasteiger partial charge in [-0.2, -0.15) is 11.3 Å². The molecule has 1 N–H and O–H groups in total. The Morgan fingerprint density at radius 1 is 1.24 bits per heavy atom. The molecular weight excluding hydrogens is 283 g/mol. The predicted molar refractivity (Wildman–Crippen MR) is 89.4 cm³/mol. The van der Waals surface area contributed by atoms with Gasteiger partial charge >= 0.3 is 0 Å². The normalized spacial score (nSPS) is 11.7. The lowest BCUT2D eigenvalue weighted by Crippen LogP contribution is -2.35. The van der Waals surface area contributed by atoms with Crippen LogP contribution in [0.3, 0.4) is 0 Å². The molecule has 2 aromatic rings. The summed E-state index contributed by atoms with van der Waals surface area (Å²) in [6.07, 6.45) is 0. The van der Waals surface area contributed by atoms with Crippen LogP contribution < -0.4 is 10.2 Å². The van der Waals surface area contributed by atoms with E-state index in [9.17, 15) is 4.39 Å². The number of benzene rings is 1. The Morgan fingerprint density at radius 2 is 2.00 bits per heavy atom. The third-order valence-electron chi connectivity index (χ3n) is 3.26. The first-order valence-corrected chi connectivity index (χ1v) is 8.06. The van der Waals surface area contributed by atoms with Gasteiger partial charge in [-0.1, -0.05) is 12.1 Å². The average molecular weight is 306 g/mol. The monoisotopic (exact) mass is 306 g/mol. The van der Waals surface area contributed by atoms with Crippen molar-refractivity contribution in [3.8, 4) is 0 Å². The van der Waals surface area contributed by atoms with Gasteiger partial charge in [0.25, 0.3) is 0 Å². The van der Waals surface area contributed by atoms with Gasteiger partial charge in [-0.25, -0.2) is 4.39 Å². The van der Waals surface area contributed by atoms with E-state index in [0.717, 1.165) is 5.56 Å². The van der Waals surface area contributed by atoms with E-state index in [2.05, 4.69) is 37.5 Å². The molecule has 0 unspecified atom stereocenters. The molecule has 114 valence electrons. The van der Waals surface area contributed by atoms with Gasteiger partial charge in [-0.3, -0.25) is 0 Å². The molecule has 2 nitrogen and oxygen atoms in total. The van der Waals surface area contributed by atoms with Crippen LogP contribution in [-0.2, 0) is 13.1 Å². The first-order valence-electron chi connectivity index (χ1n) is 7.11. The molecule has 0 saturated carbocycles. The fourth-order valence-corrected chi connectivity index (χ4v) is 2.89. The summed E-state index contributed by atoms with van der Waals surface area (Å²) in [5.74, 6) is -0.166. The van der Waals surface area contributed by atoms with E-state index in [4.69, 9.17) is 0 Å². The second-order valence-corrected chi connectivity index (χ2v) is 7.12. The lowest BCUT2D eigenvalue weighted by molar-refractivity contribution is 0.423. The van der Waals surface area contributed by atoms with Crippen molar-refractivity contribution in [2.45, 2.75) is 39.4 Å². The van der Waals surface area contributed by atoms with Crippen LogP contribution in [0.15, 0.2) is 35.0 Å². The SMILES string of the molecule is CN(Cc1ccsc1)c1c(F)cccc1CNC(C)(C)C. The molecule has 0 atom stereocenters. The minimum absolute atomic E-state index is 0.00944. The molecule has 0 aliphatic carbocycles. The van der Waals surface area contributed by atoms with Crippen LogP contribution in [0.2, 0.25) is 0 Å². The molecule has 0 spiro atoms. The maximum Gasteiger partial charge on any atom is 0.146 e. The summed E-state index contributed by atoms with van der Waals surface area (Å²) in [6.45, 7) is 7.71. The Kier molecular flexibility index (Phi) is 5.01. The molecule has 1 heterocycles. The molecule has 21 heavy (non-hydrogen) atoms. The lowest BCUT2D eigenvalue weighted by atomic mass is 10.1. The van der Waals surface area contributed by atoms with Crippen LogP contribution in [-0.4, -0.2) is 12.6 Å². The molecule has 0 bridgehead atoms. The highest BCUT2D eigenvalue weighted by Crippen LogP contribution is 2.26. The van der Waals surface area contributed by atoms with Gasteiger partial charge in [0, 0.05) is 25.7 Å². The Balaban J connectivity index is 2.20. The van der Waals surface area contributed by atoms with Gasteiger partial charge in [0.1, 0.15) is 5.82 Å². The Morgan fingerprint density at radius 3 is 2.62 bits per heavy atom. The topological polar surface area (TPSA) is 15.3 Å². The minimum Gasteiger partial charge on any atom is -0.368 e. The number of halogens is 1. The van der Waals surface area contributed by atoms with Crippen molar-refractivity contribution in [1.29, 1.82) is 0 Å². The van der Waals surface area contributed by atoms with Crippen molar-refractivity contribution >= 4 is 17.0 Å². The van der Waals surface area contributed by atoms with E-state index in [1.165, 1.54) is 11.6 Å². The van der Waals surface area contributed by atoms with E-state index in [1.54, 1.807) is 17.4 Å². The first-order chi connectivity index (χ1) is 9.87. The zero-order valence-electron chi connectivity index (χ0n) is 13.1. The minimum atomic E-state index is -0.166. The van der Waals surface area contributed by atoms with Gasteiger partial charge in [0.05, 0.1) is 5.69 Å². The Hall–Kier alpha value is -1.39. The number of hydrogen-bond donors (Lipinski definition) is 1. The van der Waals surface area contributed by atoms with Crippen LogP contribution in [0.4, 0.5) is 10.1 Å². The van der Waals surface area contributed by atoms with Crippen LogP contribution in [0, 0.1) is 5.82 Å². The molecule has 1 aromatic carbocycles. The summed E-state index contributed by atoms with van der Waals surface area (Å²) in [7, 11) is 1.94. The van der Waals surface area contributed by atoms with Crippen LogP contribution >= 0.6 is 11.3 Å². The largest absolute Gasteiger partial charge is 0.368 e. The number of anilines is 1. The van der Waals surface area contributed by atoms with E-state index < -0.39 is 0 Å². The number of thiophene rings is 1. The molecular formula is C17H23FN2S. The van der Waals surface area contributed by atoms with Crippen LogP contribution in [0.1, 0.15) is 31.9 Å². The van der Waals surface area contributed by atoms with Gasteiger partial charge in [0.2, 0.25) is 0 Å². The zero-order valence-corrected chi connectivity index (χ0v) is 13.9. The van der Waals surface area contributed by atoms with Crippen molar-refractivity contribution in [3.05, 3.63) is 52.0 Å². The summed E-state index contributed by atoms with van der Waals surface area (Å²) in [5, 5.41) is 7.58. The Labute approximate surface area is 130 Å². The maximum absolute atomic E-state index is 14.3. The third kappa shape index (κ3) is 4.55. The van der Waals surface area contributed by atoms with Gasteiger partial charge in [-0.05, 0) is 54.8 Å². The van der Waals surface area contributed by atoms with E-state index >= 15 is 0 Å². The summed E-state index contributed by atoms with van der Waals surface area (Å²) < 4.78 is 14.3. The Bertz CT molecular complexity index is 573. The van der Waals surface area contributed by atoms with Crippen molar-refractivity contribution in [2.24, 2.45) is 0 Å². The van der Waals surface area contributed by atoms with Crippen molar-refractivity contribution in [2.75, 3.05) is 11.9 Å². The van der Waals surface area contributed by atoms with Gasteiger partial charge in [0.15, 0.2) is 0 Å². The third-order valence-corrected chi connectivity index (χ3v) is 3.99. The lowest BCUT2D eigenvalue weighted by Gasteiger charge is -2.26. The van der Waals surface area contributed by atoms with Crippen molar-refractivity contribution < 1.29 is 4.39 Å². The van der Waals surface area contributed by atoms with E-state index in [-0.39, 0.29) is 11.4 Å². The average Bonchev–Trinajstić information content (AvgIpc) is 2.88. The molecule has 1 aromatic heterocycles. The molecule has 0 amide bonds. The predicted octanol–water partition coefficient (Wildman–Crippen LogP) is 4.41. The second-order valence-electron chi connectivity index (χ2n) is 6.34. The quantitative estimate of drug-likeness (QED) is 0.880. The maximum atomic E-state index is 14.3. The molecule has 0 aliphatic rings. The summed E-state index contributed by atoms with van der Waals surface area (Å²) in [6, 6.07) is 7.37. The molecule has 2 rings (SSSR count). The first kappa shape index (κ1) is 16.0. The van der Waals surface area contributed by atoms with Crippen molar-refractivity contribution in [1.82, 2.24) is 5.32 Å². The fraction of sp³-hybridized carbons (Fsp3) is 0.412. The number of rotatable bonds is 5. The number of para-hydroxylation sites is 1. The molecule has 0 fully saturated rings. The van der Waals surface area contributed by atoms with Crippen LogP contribution in [0.25, 0.3) is 0 Å².